The van der Waals surface area contributed by atoms with E-state index in [0.717, 1.165) is 65.5 Å². The van der Waals surface area contributed by atoms with Gasteiger partial charge in [-0.05, 0) is 97.4 Å². The standard InChI is InChI=1S/C54H32N2OS/c1-2-12-35(13-3-1)44-30-38-15-6-7-16-39(38)31-45(44)36-24-21-34(22-25-36)40-27-28-47-46(32-40)50-43(18-10-19-48(50)57-47)54-55-51(41-26-23-33-11-4-5-14-37(33)29-41)53-52(56-54)42-17-8-9-20-49(42)58-53/h1-32H. The second kappa shape index (κ2) is 13.1. The molecule has 0 N–H and O–H groups in total. The normalized spacial score (nSPS) is 11.8. The van der Waals surface area contributed by atoms with E-state index < -0.39 is 0 Å². The topological polar surface area (TPSA) is 38.9 Å². The van der Waals surface area contributed by atoms with Crippen molar-refractivity contribution >= 4 is 75.1 Å². The van der Waals surface area contributed by atoms with Gasteiger partial charge in [0, 0.05) is 32.0 Å². The van der Waals surface area contributed by atoms with Crippen LogP contribution in [0, 0.1) is 0 Å². The van der Waals surface area contributed by atoms with Crippen LogP contribution in [0.5, 0.6) is 0 Å². The number of furan rings is 1. The summed E-state index contributed by atoms with van der Waals surface area (Å²) in [4.78, 5) is 10.7. The Labute approximate surface area is 338 Å². The van der Waals surface area contributed by atoms with Crippen LogP contribution in [0.1, 0.15) is 0 Å². The molecule has 0 spiro atoms. The monoisotopic (exact) mass is 756 g/mol. The van der Waals surface area contributed by atoms with Gasteiger partial charge in [0.25, 0.3) is 0 Å². The van der Waals surface area contributed by atoms with Crippen molar-refractivity contribution in [1.29, 1.82) is 0 Å². The van der Waals surface area contributed by atoms with Gasteiger partial charge in [-0.3, -0.25) is 0 Å². The SMILES string of the molecule is c1ccc(-c2cc3ccccc3cc2-c2ccc(-c3ccc4oc5cccc(-c6nc(-c7ccc8ccccc8c7)c7sc8ccccc8c7n6)c5c4c3)cc2)cc1. The maximum Gasteiger partial charge on any atom is 0.161 e. The molecule has 3 nitrogen and oxygen atoms in total. The minimum atomic E-state index is 0.687. The van der Waals surface area contributed by atoms with Crippen molar-refractivity contribution in [3.63, 3.8) is 0 Å². The molecule has 3 aromatic heterocycles. The van der Waals surface area contributed by atoms with Crippen LogP contribution in [-0.2, 0) is 0 Å². The molecule has 0 saturated carbocycles. The predicted octanol–water partition coefficient (Wildman–Crippen LogP) is 15.4. The molecular formula is C54H32N2OS. The molecule has 0 saturated heterocycles. The highest BCUT2D eigenvalue weighted by Gasteiger charge is 2.20. The largest absolute Gasteiger partial charge is 0.456 e. The van der Waals surface area contributed by atoms with Crippen molar-refractivity contribution in [1.82, 2.24) is 9.97 Å². The number of benzene rings is 9. The predicted molar refractivity (Wildman–Crippen MR) is 244 cm³/mol. The van der Waals surface area contributed by atoms with Crippen LogP contribution in [0.15, 0.2) is 199 Å². The lowest BCUT2D eigenvalue weighted by Gasteiger charge is -2.13. The van der Waals surface area contributed by atoms with Gasteiger partial charge in [0.15, 0.2) is 5.82 Å². The fraction of sp³-hybridized carbons (Fsp3) is 0. The number of hydrogen-bond donors (Lipinski definition) is 0. The lowest BCUT2D eigenvalue weighted by Crippen LogP contribution is -1.94. The molecule has 12 aromatic rings. The fourth-order valence-corrected chi connectivity index (χ4v) is 9.77. The van der Waals surface area contributed by atoms with Crippen LogP contribution in [0.2, 0.25) is 0 Å². The van der Waals surface area contributed by atoms with E-state index in [1.165, 1.54) is 48.5 Å². The Hall–Kier alpha value is -7.40. The van der Waals surface area contributed by atoms with E-state index in [4.69, 9.17) is 14.4 Å². The molecule has 12 rings (SSSR count). The highest BCUT2D eigenvalue weighted by Crippen LogP contribution is 2.43. The first-order valence-corrected chi connectivity index (χ1v) is 20.4. The molecule has 0 aliphatic heterocycles. The van der Waals surface area contributed by atoms with Crippen LogP contribution >= 0.6 is 11.3 Å². The summed E-state index contributed by atoms with van der Waals surface area (Å²) >= 11 is 1.76. The van der Waals surface area contributed by atoms with E-state index in [2.05, 4.69) is 182 Å². The molecule has 0 bridgehead atoms. The van der Waals surface area contributed by atoms with Crippen molar-refractivity contribution < 1.29 is 4.42 Å². The zero-order chi connectivity index (χ0) is 38.2. The average Bonchev–Trinajstić information content (AvgIpc) is 3.87. The van der Waals surface area contributed by atoms with E-state index in [9.17, 15) is 0 Å². The molecule has 0 radical (unpaired) electrons. The second-order valence-electron chi connectivity index (χ2n) is 14.9. The number of thiophene rings is 1. The zero-order valence-corrected chi connectivity index (χ0v) is 32.0. The lowest BCUT2D eigenvalue weighted by atomic mass is 9.90. The van der Waals surface area contributed by atoms with Crippen molar-refractivity contribution in [3.05, 3.63) is 194 Å². The Morgan fingerprint density at radius 3 is 1.81 bits per heavy atom. The first kappa shape index (κ1) is 32.8. The molecule has 4 heteroatoms. The van der Waals surface area contributed by atoms with E-state index in [-0.39, 0.29) is 0 Å². The minimum absolute atomic E-state index is 0.687. The van der Waals surface area contributed by atoms with E-state index >= 15 is 0 Å². The van der Waals surface area contributed by atoms with Gasteiger partial charge in [0.05, 0.1) is 15.9 Å². The Balaban J connectivity index is 1.00. The molecule has 3 heterocycles. The molecule has 0 aliphatic carbocycles. The summed E-state index contributed by atoms with van der Waals surface area (Å²) < 4.78 is 8.82. The Bertz CT molecular complexity index is 3560. The lowest BCUT2D eigenvalue weighted by molar-refractivity contribution is 0.669. The van der Waals surface area contributed by atoms with Gasteiger partial charge in [-0.25, -0.2) is 9.97 Å². The Morgan fingerprint density at radius 2 is 1.02 bits per heavy atom. The summed E-state index contributed by atoms with van der Waals surface area (Å²) in [5, 5.41) is 8.06. The third-order valence-electron chi connectivity index (χ3n) is 11.5. The van der Waals surface area contributed by atoms with Gasteiger partial charge in [0.2, 0.25) is 0 Å². The molecule has 270 valence electrons. The maximum absolute atomic E-state index is 6.53. The summed E-state index contributed by atoms with van der Waals surface area (Å²) in [5.41, 5.74) is 12.7. The van der Waals surface area contributed by atoms with Gasteiger partial charge in [-0.2, -0.15) is 0 Å². The number of nitrogens with zero attached hydrogens (tertiary/aromatic N) is 2. The molecule has 0 unspecified atom stereocenters. The first-order chi connectivity index (χ1) is 28.7. The number of fused-ring (bicyclic) bond motifs is 8. The van der Waals surface area contributed by atoms with E-state index in [0.29, 0.717) is 5.82 Å². The minimum Gasteiger partial charge on any atom is -0.456 e. The molecule has 0 aliphatic rings. The number of hydrogen-bond acceptors (Lipinski definition) is 4. The Kier molecular flexibility index (Phi) is 7.40. The summed E-state index contributed by atoms with van der Waals surface area (Å²) in [6.45, 7) is 0. The fourth-order valence-electron chi connectivity index (χ4n) is 8.61. The van der Waals surface area contributed by atoms with Crippen molar-refractivity contribution in [2.45, 2.75) is 0 Å². The van der Waals surface area contributed by atoms with Crippen LogP contribution in [0.25, 0.3) is 120 Å². The molecule has 0 amide bonds. The summed E-state index contributed by atoms with van der Waals surface area (Å²) in [7, 11) is 0. The third-order valence-corrected chi connectivity index (χ3v) is 12.6. The highest BCUT2D eigenvalue weighted by molar-refractivity contribution is 7.26. The Morgan fingerprint density at radius 1 is 0.379 bits per heavy atom. The third kappa shape index (κ3) is 5.34. The van der Waals surface area contributed by atoms with Crippen molar-refractivity contribution in [3.8, 4) is 56.0 Å². The first-order valence-electron chi connectivity index (χ1n) is 19.5. The number of aromatic nitrogens is 2. The highest BCUT2D eigenvalue weighted by atomic mass is 32.1. The molecule has 9 aromatic carbocycles. The van der Waals surface area contributed by atoms with E-state index in [1.807, 2.05) is 12.1 Å². The zero-order valence-electron chi connectivity index (χ0n) is 31.2. The quantitative estimate of drug-likeness (QED) is 0.176. The average molecular weight is 757 g/mol. The van der Waals surface area contributed by atoms with Crippen LogP contribution in [0.4, 0.5) is 0 Å². The van der Waals surface area contributed by atoms with Crippen molar-refractivity contribution in [2.24, 2.45) is 0 Å². The molecule has 0 atom stereocenters. The molecule has 0 fully saturated rings. The van der Waals surface area contributed by atoms with Gasteiger partial charge < -0.3 is 4.42 Å². The van der Waals surface area contributed by atoms with Gasteiger partial charge in [-0.1, -0.05) is 152 Å². The van der Waals surface area contributed by atoms with Crippen LogP contribution in [-0.4, -0.2) is 9.97 Å². The summed E-state index contributed by atoms with van der Waals surface area (Å²) in [5.74, 6) is 0.687. The van der Waals surface area contributed by atoms with Gasteiger partial charge in [-0.15, -0.1) is 11.3 Å². The summed E-state index contributed by atoms with van der Waals surface area (Å²) in [6, 6.07) is 69.2. The smallest absolute Gasteiger partial charge is 0.161 e. The number of rotatable bonds is 5. The van der Waals surface area contributed by atoms with Gasteiger partial charge in [0.1, 0.15) is 11.2 Å². The molecular weight excluding hydrogens is 725 g/mol. The van der Waals surface area contributed by atoms with E-state index in [1.54, 1.807) is 11.3 Å². The second-order valence-corrected chi connectivity index (χ2v) is 16.0. The van der Waals surface area contributed by atoms with Crippen LogP contribution in [0.3, 0.4) is 0 Å². The van der Waals surface area contributed by atoms with Gasteiger partial charge >= 0.3 is 0 Å². The summed E-state index contributed by atoms with van der Waals surface area (Å²) in [6.07, 6.45) is 0. The maximum atomic E-state index is 6.53. The van der Waals surface area contributed by atoms with Crippen molar-refractivity contribution in [2.75, 3.05) is 0 Å². The molecule has 58 heavy (non-hydrogen) atoms. The van der Waals surface area contributed by atoms with Crippen LogP contribution < -0.4 is 0 Å².